The molecular weight excluding hydrogens is 296 g/mol. The van der Waals surface area contributed by atoms with E-state index >= 15 is 0 Å². The van der Waals surface area contributed by atoms with E-state index in [1.54, 1.807) is 30.2 Å². The van der Waals surface area contributed by atoms with Crippen molar-refractivity contribution in [3.8, 4) is 0 Å². The van der Waals surface area contributed by atoms with Gasteiger partial charge >= 0.3 is 0 Å². The van der Waals surface area contributed by atoms with Crippen LogP contribution in [0.3, 0.4) is 0 Å². The highest BCUT2D eigenvalue weighted by Gasteiger charge is 2.16. The summed E-state index contributed by atoms with van der Waals surface area (Å²) in [5.41, 5.74) is 6.97. The molecule has 20 heavy (non-hydrogen) atoms. The molecule has 0 radical (unpaired) electrons. The molecule has 0 saturated heterocycles. The summed E-state index contributed by atoms with van der Waals surface area (Å²) in [5.74, 6) is -0.0712. The minimum Gasteiger partial charge on any atom is -0.393 e. The number of hydrogen-bond acceptors (Lipinski definition) is 3. The van der Waals surface area contributed by atoms with Crippen LogP contribution >= 0.6 is 23.8 Å². The Morgan fingerprint density at radius 1 is 1.45 bits per heavy atom. The minimum atomic E-state index is -0.0712. The fourth-order valence-corrected chi connectivity index (χ4v) is 1.93. The van der Waals surface area contributed by atoms with Crippen LogP contribution in [0.2, 0.25) is 5.02 Å². The first-order valence-electron chi connectivity index (χ1n) is 6.28. The van der Waals surface area contributed by atoms with E-state index in [1.165, 1.54) is 0 Å². The molecule has 0 saturated carbocycles. The zero-order valence-corrected chi connectivity index (χ0v) is 13.3. The highest BCUT2D eigenvalue weighted by atomic mass is 35.5. The van der Waals surface area contributed by atoms with Crippen molar-refractivity contribution >= 4 is 34.7 Å². The van der Waals surface area contributed by atoms with Crippen molar-refractivity contribution in [2.75, 3.05) is 26.8 Å². The smallest absolute Gasteiger partial charge is 0.253 e. The van der Waals surface area contributed by atoms with Gasteiger partial charge in [0.1, 0.15) is 0 Å². The van der Waals surface area contributed by atoms with E-state index < -0.39 is 0 Å². The lowest BCUT2D eigenvalue weighted by Gasteiger charge is -2.22. The van der Waals surface area contributed by atoms with Crippen LogP contribution in [0.15, 0.2) is 18.2 Å². The Hall–Kier alpha value is -1.17. The number of benzene rings is 1. The Labute approximate surface area is 129 Å². The summed E-state index contributed by atoms with van der Waals surface area (Å²) in [6.07, 6.45) is 0.497. The number of amides is 1. The van der Waals surface area contributed by atoms with Crippen LogP contribution in [-0.2, 0) is 4.74 Å². The van der Waals surface area contributed by atoms with E-state index in [4.69, 9.17) is 34.3 Å². The van der Waals surface area contributed by atoms with Crippen molar-refractivity contribution in [3.05, 3.63) is 34.3 Å². The number of rotatable bonds is 7. The molecule has 0 bridgehead atoms. The lowest BCUT2D eigenvalue weighted by molar-refractivity contribution is 0.0701. The number of hydrogen-bond donors (Lipinski definition) is 1. The maximum absolute atomic E-state index is 12.5. The molecule has 0 spiro atoms. The molecule has 0 aliphatic heterocycles. The first-order valence-corrected chi connectivity index (χ1v) is 7.07. The Bertz CT molecular complexity index is 494. The van der Waals surface area contributed by atoms with Gasteiger partial charge in [-0.15, -0.1) is 0 Å². The number of aryl methyl sites for hydroxylation is 1. The van der Waals surface area contributed by atoms with Crippen molar-refractivity contribution < 1.29 is 9.53 Å². The number of thiocarbonyl (C=S) groups is 1. The van der Waals surface area contributed by atoms with Gasteiger partial charge in [0.05, 0.1) is 11.6 Å². The molecule has 0 unspecified atom stereocenters. The second-order valence-electron chi connectivity index (χ2n) is 4.47. The first kappa shape index (κ1) is 16.9. The summed E-state index contributed by atoms with van der Waals surface area (Å²) in [6.45, 7) is 3.32. The number of ether oxygens (including phenoxy) is 1. The summed E-state index contributed by atoms with van der Waals surface area (Å²) in [5, 5.41) is 0.646. The van der Waals surface area contributed by atoms with Crippen molar-refractivity contribution in [2.45, 2.75) is 13.3 Å². The molecule has 0 aromatic heterocycles. The summed E-state index contributed by atoms with van der Waals surface area (Å²) in [6, 6.07) is 5.23. The highest BCUT2D eigenvalue weighted by molar-refractivity contribution is 7.80. The maximum atomic E-state index is 12.5. The van der Waals surface area contributed by atoms with Crippen LogP contribution in [0.25, 0.3) is 0 Å². The monoisotopic (exact) mass is 314 g/mol. The summed E-state index contributed by atoms with van der Waals surface area (Å²) < 4.78 is 5.03. The summed E-state index contributed by atoms with van der Waals surface area (Å²) in [7, 11) is 1.60. The van der Waals surface area contributed by atoms with Crippen molar-refractivity contribution in [2.24, 2.45) is 5.73 Å². The van der Waals surface area contributed by atoms with Crippen LogP contribution in [-0.4, -0.2) is 42.6 Å². The third-order valence-electron chi connectivity index (χ3n) is 2.89. The van der Waals surface area contributed by atoms with E-state index in [2.05, 4.69) is 0 Å². The largest absolute Gasteiger partial charge is 0.393 e. The van der Waals surface area contributed by atoms with E-state index in [-0.39, 0.29) is 5.91 Å². The minimum absolute atomic E-state index is 0.0712. The average molecular weight is 315 g/mol. The van der Waals surface area contributed by atoms with Gasteiger partial charge in [0, 0.05) is 37.2 Å². The van der Waals surface area contributed by atoms with Gasteiger partial charge in [0.15, 0.2) is 0 Å². The Balaban J connectivity index is 2.84. The maximum Gasteiger partial charge on any atom is 0.253 e. The normalized spacial score (nSPS) is 10.3. The second kappa shape index (κ2) is 8.19. The molecule has 4 nitrogen and oxygen atoms in total. The quantitative estimate of drug-likeness (QED) is 0.785. The van der Waals surface area contributed by atoms with E-state index in [9.17, 15) is 4.79 Å². The van der Waals surface area contributed by atoms with Gasteiger partial charge in [-0.2, -0.15) is 0 Å². The molecule has 0 heterocycles. The SMILES string of the molecule is COCCN(CCC(N)=S)C(=O)c1ccc(Cl)c(C)c1. The van der Waals surface area contributed by atoms with Gasteiger partial charge in [0.25, 0.3) is 5.91 Å². The van der Waals surface area contributed by atoms with Crippen LogP contribution in [0, 0.1) is 6.92 Å². The van der Waals surface area contributed by atoms with E-state index in [0.29, 0.717) is 41.7 Å². The fourth-order valence-electron chi connectivity index (χ4n) is 1.72. The summed E-state index contributed by atoms with van der Waals surface area (Å²) in [4.78, 5) is 14.6. The van der Waals surface area contributed by atoms with Crippen LogP contribution in [0.4, 0.5) is 0 Å². The van der Waals surface area contributed by atoms with Gasteiger partial charge in [-0.05, 0) is 30.7 Å². The van der Waals surface area contributed by atoms with Crippen molar-refractivity contribution in [3.63, 3.8) is 0 Å². The molecule has 6 heteroatoms. The molecule has 0 aliphatic rings. The van der Waals surface area contributed by atoms with E-state index in [1.807, 2.05) is 6.92 Å². The Morgan fingerprint density at radius 3 is 2.70 bits per heavy atom. The van der Waals surface area contributed by atoms with Crippen LogP contribution < -0.4 is 5.73 Å². The van der Waals surface area contributed by atoms with Crippen LogP contribution in [0.1, 0.15) is 22.3 Å². The average Bonchev–Trinajstić information content (AvgIpc) is 2.41. The predicted molar refractivity (Wildman–Crippen MR) is 85.4 cm³/mol. The topological polar surface area (TPSA) is 55.6 Å². The van der Waals surface area contributed by atoms with Gasteiger partial charge in [-0.25, -0.2) is 0 Å². The molecule has 2 N–H and O–H groups in total. The Kier molecular flexibility index (Phi) is 6.91. The molecule has 0 aliphatic carbocycles. The van der Waals surface area contributed by atoms with Gasteiger partial charge in [-0.1, -0.05) is 23.8 Å². The number of nitrogens with zero attached hydrogens (tertiary/aromatic N) is 1. The van der Waals surface area contributed by atoms with Gasteiger partial charge < -0.3 is 15.4 Å². The summed E-state index contributed by atoms with van der Waals surface area (Å²) >= 11 is 10.8. The molecule has 110 valence electrons. The number of carbonyl (C=O) groups excluding carboxylic acids is 1. The molecule has 1 rings (SSSR count). The van der Waals surface area contributed by atoms with Crippen LogP contribution in [0.5, 0.6) is 0 Å². The number of carbonyl (C=O) groups is 1. The lowest BCUT2D eigenvalue weighted by atomic mass is 10.1. The zero-order chi connectivity index (χ0) is 15.1. The molecule has 1 amide bonds. The number of halogens is 1. The zero-order valence-electron chi connectivity index (χ0n) is 11.7. The fraction of sp³-hybridized carbons (Fsp3) is 0.429. The molecule has 1 aromatic carbocycles. The highest BCUT2D eigenvalue weighted by Crippen LogP contribution is 2.17. The number of methoxy groups -OCH3 is 1. The second-order valence-corrected chi connectivity index (χ2v) is 5.40. The molecule has 1 aromatic rings. The van der Waals surface area contributed by atoms with Gasteiger partial charge in [0.2, 0.25) is 0 Å². The molecular formula is C14H19ClN2O2S. The Morgan fingerprint density at radius 2 is 2.15 bits per heavy atom. The van der Waals surface area contributed by atoms with E-state index in [0.717, 1.165) is 5.56 Å². The predicted octanol–water partition coefficient (Wildman–Crippen LogP) is 2.41. The van der Waals surface area contributed by atoms with Crippen molar-refractivity contribution in [1.29, 1.82) is 0 Å². The molecule has 0 fully saturated rings. The lowest BCUT2D eigenvalue weighted by Crippen LogP contribution is -2.36. The first-order chi connectivity index (χ1) is 9.45. The standard InChI is InChI=1S/C14H19ClN2O2S/c1-10-9-11(3-4-12(10)15)14(18)17(7-8-19-2)6-5-13(16)20/h3-4,9H,5-8H2,1-2H3,(H2,16,20). The third-order valence-corrected chi connectivity index (χ3v) is 3.51. The van der Waals surface area contributed by atoms with Gasteiger partial charge in [-0.3, -0.25) is 4.79 Å². The number of nitrogens with two attached hydrogens (primary N) is 1. The third kappa shape index (κ3) is 5.07. The van der Waals surface area contributed by atoms with Crippen molar-refractivity contribution in [1.82, 2.24) is 4.90 Å². The molecule has 0 atom stereocenters.